The number of benzene rings is 1. The predicted molar refractivity (Wildman–Crippen MR) is 99.8 cm³/mol. The van der Waals surface area contributed by atoms with Crippen LogP contribution in [0.1, 0.15) is 37.1 Å². The molecule has 0 saturated carbocycles. The van der Waals surface area contributed by atoms with Crippen molar-refractivity contribution in [1.82, 2.24) is 10.3 Å². The summed E-state index contributed by atoms with van der Waals surface area (Å²) in [5.41, 5.74) is 0.873. The lowest BCUT2D eigenvalue weighted by molar-refractivity contribution is 0.0600. The number of ether oxygens (including phenoxy) is 1. The summed E-state index contributed by atoms with van der Waals surface area (Å²) in [5, 5.41) is 5.31. The van der Waals surface area contributed by atoms with Crippen LogP contribution in [0.4, 0.5) is 5.69 Å². The normalized spacial score (nSPS) is 10.2. The Labute approximate surface area is 160 Å². The molecule has 142 valence electrons. The third-order valence-electron chi connectivity index (χ3n) is 3.76. The second-order valence-corrected chi connectivity index (χ2v) is 5.70. The minimum Gasteiger partial charge on any atom is -0.467 e. The highest BCUT2D eigenvalue weighted by atomic mass is 16.5. The van der Waals surface area contributed by atoms with Gasteiger partial charge in [-0.15, -0.1) is 0 Å². The maximum Gasteiger partial charge on any atom is 0.337 e. The maximum atomic E-state index is 12.4. The summed E-state index contributed by atoms with van der Waals surface area (Å²) in [7, 11) is 1.28. The highest BCUT2D eigenvalue weighted by molar-refractivity contribution is 6.04. The first-order chi connectivity index (χ1) is 13.6. The number of carbonyl (C=O) groups excluding carboxylic acids is 3. The topological polar surface area (TPSA) is 111 Å². The predicted octanol–water partition coefficient (Wildman–Crippen LogP) is 2.64. The first-order valence-corrected chi connectivity index (χ1v) is 8.34. The number of hydrogen-bond donors (Lipinski definition) is 2. The van der Waals surface area contributed by atoms with Gasteiger partial charge in [-0.25, -0.2) is 9.78 Å². The Hall–Kier alpha value is -3.94. The van der Waals surface area contributed by atoms with Crippen molar-refractivity contribution < 1.29 is 23.5 Å². The minimum atomic E-state index is -0.511. The number of nitrogens with one attached hydrogen (secondary N) is 2. The fourth-order valence-electron chi connectivity index (χ4n) is 2.40. The minimum absolute atomic E-state index is 0.0640. The molecule has 8 nitrogen and oxygen atoms in total. The summed E-state index contributed by atoms with van der Waals surface area (Å²) < 4.78 is 9.81. The van der Waals surface area contributed by atoms with Crippen LogP contribution in [0.5, 0.6) is 0 Å². The molecule has 0 fully saturated rings. The molecule has 0 saturated heterocycles. The highest BCUT2D eigenvalue weighted by Gasteiger charge is 2.14. The van der Waals surface area contributed by atoms with E-state index in [1.807, 2.05) is 0 Å². The molecule has 2 heterocycles. The molecule has 2 aromatic heterocycles. The van der Waals surface area contributed by atoms with E-state index in [9.17, 15) is 14.4 Å². The molecule has 0 aliphatic rings. The molecule has 3 aromatic rings. The Kier molecular flexibility index (Phi) is 5.81. The van der Waals surface area contributed by atoms with Gasteiger partial charge in [0.15, 0.2) is 0 Å². The van der Waals surface area contributed by atoms with E-state index in [0.29, 0.717) is 17.0 Å². The number of nitrogens with zero attached hydrogens (tertiary/aromatic N) is 1. The summed E-state index contributed by atoms with van der Waals surface area (Å²) >= 11 is 0. The van der Waals surface area contributed by atoms with Gasteiger partial charge in [-0.1, -0.05) is 12.1 Å². The molecule has 0 bridgehead atoms. The van der Waals surface area contributed by atoms with E-state index in [-0.39, 0.29) is 17.9 Å². The third kappa shape index (κ3) is 4.61. The second-order valence-electron chi connectivity index (χ2n) is 5.70. The van der Waals surface area contributed by atoms with Crippen molar-refractivity contribution in [3.05, 3.63) is 83.6 Å². The summed E-state index contributed by atoms with van der Waals surface area (Å²) in [5.74, 6) is -0.848. The van der Waals surface area contributed by atoms with Crippen LogP contribution in [0.15, 0.2) is 65.3 Å². The van der Waals surface area contributed by atoms with E-state index in [2.05, 4.69) is 20.4 Å². The number of esters is 1. The van der Waals surface area contributed by atoms with E-state index in [1.54, 1.807) is 36.4 Å². The molecule has 0 radical (unpaired) electrons. The van der Waals surface area contributed by atoms with Crippen LogP contribution >= 0.6 is 0 Å². The standard InChI is InChI=1S/C20H17N3O5/c1-27-20(26)13-5-2-6-14(11-13)22-19(25)17-9-3-8-16(23-17)18(24)21-12-15-7-4-10-28-15/h2-11H,12H2,1H3,(H,21,24)(H,22,25). The number of methoxy groups -OCH3 is 1. The molecular weight excluding hydrogens is 362 g/mol. The van der Waals surface area contributed by atoms with Gasteiger partial charge < -0.3 is 19.8 Å². The van der Waals surface area contributed by atoms with E-state index < -0.39 is 17.8 Å². The van der Waals surface area contributed by atoms with Crippen molar-refractivity contribution >= 4 is 23.5 Å². The molecular formula is C20H17N3O5. The highest BCUT2D eigenvalue weighted by Crippen LogP contribution is 2.13. The summed E-state index contributed by atoms with van der Waals surface area (Å²) in [6, 6.07) is 14.3. The summed E-state index contributed by atoms with van der Waals surface area (Å²) in [6.07, 6.45) is 1.51. The monoisotopic (exact) mass is 379 g/mol. The number of rotatable bonds is 6. The fraction of sp³-hybridized carbons (Fsp3) is 0.100. The molecule has 0 atom stereocenters. The lowest BCUT2D eigenvalue weighted by Crippen LogP contribution is -2.25. The second kappa shape index (κ2) is 8.63. The Morgan fingerprint density at radius 3 is 2.46 bits per heavy atom. The first kappa shape index (κ1) is 18.8. The molecule has 28 heavy (non-hydrogen) atoms. The molecule has 2 amide bonds. The Morgan fingerprint density at radius 2 is 1.75 bits per heavy atom. The van der Waals surface area contributed by atoms with Crippen LogP contribution in [0.2, 0.25) is 0 Å². The maximum absolute atomic E-state index is 12.4. The third-order valence-corrected chi connectivity index (χ3v) is 3.76. The van der Waals surface area contributed by atoms with E-state index in [1.165, 1.54) is 31.6 Å². The average molecular weight is 379 g/mol. The van der Waals surface area contributed by atoms with Crippen LogP contribution in [-0.2, 0) is 11.3 Å². The summed E-state index contributed by atoms with van der Waals surface area (Å²) in [6.45, 7) is 0.213. The first-order valence-electron chi connectivity index (χ1n) is 8.34. The fourth-order valence-corrected chi connectivity index (χ4v) is 2.40. The van der Waals surface area contributed by atoms with Crippen molar-refractivity contribution in [3.63, 3.8) is 0 Å². The SMILES string of the molecule is COC(=O)c1cccc(NC(=O)c2cccc(C(=O)NCc3ccco3)n2)c1. The van der Waals surface area contributed by atoms with Crippen LogP contribution in [0.3, 0.4) is 0 Å². The molecule has 0 aliphatic heterocycles. The van der Waals surface area contributed by atoms with Crippen molar-refractivity contribution in [1.29, 1.82) is 0 Å². The van der Waals surface area contributed by atoms with Gasteiger partial charge in [0.25, 0.3) is 11.8 Å². The van der Waals surface area contributed by atoms with Crippen molar-refractivity contribution in [2.45, 2.75) is 6.54 Å². The number of anilines is 1. The zero-order valence-electron chi connectivity index (χ0n) is 15.0. The molecule has 2 N–H and O–H groups in total. The van der Waals surface area contributed by atoms with Gasteiger partial charge in [-0.2, -0.15) is 0 Å². The number of amides is 2. The number of furan rings is 1. The van der Waals surface area contributed by atoms with Gasteiger partial charge >= 0.3 is 5.97 Å². The Balaban J connectivity index is 1.68. The Bertz CT molecular complexity index is 999. The molecule has 1 aromatic carbocycles. The Morgan fingerprint density at radius 1 is 1.00 bits per heavy atom. The van der Waals surface area contributed by atoms with E-state index in [4.69, 9.17) is 4.42 Å². The molecule has 3 rings (SSSR count). The van der Waals surface area contributed by atoms with Crippen LogP contribution in [-0.4, -0.2) is 29.9 Å². The lowest BCUT2D eigenvalue weighted by atomic mass is 10.2. The van der Waals surface area contributed by atoms with Crippen LogP contribution in [0.25, 0.3) is 0 Å². The van der Waals surface area contributed by atoms with Gasteiger partial charge in [0.2, 0.25) is 0 Å². The molecule has 8 heteroatoms. The van der Waals surface area contributed by atoms with Crippen LogP contribution in [0, 0.1) is 0 Å². The number of aromatic nitrogens is 1. The van der Waals surface area contributed by atoms with E-state index >= 15 is 0 Å². The molecule has 0 aliphatic carbocycles. The smallest absolute Gasteiger partial charge is 0.337 e. The largest absolute Gasteiger partial charge is 0.467 e. The van der Waals surface area contributed by atoms with Gasteiger partial charge in [0.1, 0.15) is 17.1 Å². The average Bonchev–Trinajstić information content (AvgIpc) is 3.25. The van der Waals surface area contributed by atoms with Crippen molar-refractivity contribution in [2.75, 3.05) is 12.4 Å². The molecule has 0 unspecified atom stereocenters. The zero-order valence-corrected chi connectivity index (χ0v) is 15.0. The molecule has 0 spiro atoms. The van der Waals surface area contributed by atoms with Crippen molar-refractivity contribution in [2.24, 2.45) is 0 Å². The number of hydrogen-bond acceptors (Lipinski definition) is 6. The van der Waals surface area contributed by atoms with Gasteiger partial charge in [-0.05, 0) is 42.5 Å². The lowest BCUT2D eigenvalue weighted by Gasteiger charge is -2.08. The summed E-state index contributed by atoms with van der Waals surface area (Å²) in [4.78, 5) is 40.4. The van der Waals surface area contributed by atoms with Gasteiger partial charge in [0, 0.05) is 5.69 Å². The van der Waals surface area contributed by atoms with Gasteiger partial charge in [-0.3, -0.25) is 9.59 Å². The number of carbonyl (C=O) groups is 3. The zero-order chi connectivity index (χ0) is 19.9. The van der Waals surface area contributed by atoms with Crippen LogP contribution < -0.4 is 10.6 Å². The number of pyridine rings is 1. The van der Waals surface area contributed by atoms with Crippen molar-refractivity contribution in [3.8, 4) is 0 Å². The quantitative estimate of drug-likeness (QED) is 0.637. The van der Waals surface area contributed by atoms with Gasteiger partial charge in [0.05, 0.1) is 25.5 Å². The van der Waals surface area contributed by atoms with E-state index in [0.717, 1.165) is 0 Å².